The van der Waals surface area contributed by atoms with Crippen LogP contribution in [0, 0.1) is 5.41 Å². The summed E-state index contributed by atoms with van der Waals surface area (Å²) in [6.45, 7) is 5.11. The molecule has 21 heavy (non-hydrogen) atoms. The van der Waals surface area contributed by atoms with E-state index in [9.17, 15) is 9.59 Å². The van der Waals surface area contributed by atoms with Gasteiger partial charge in [-0.1, -0.05) is 13.8 Å². The first kappa shape index (κ1) is 17.4. The lowest BCUT2D eigenvalue weighted by atomic mass is 9.84. The highest BCUT2D eigenvalue weighted by Gasteiger charge is 2.19. The number of carboxylic acid groups (broad SMARTS) is 1. The topological polar surface area (TPSA) is 91.3 Å². The maximum atomic E-state index is 11.6. The number of rotatable bonds is 9. The highest BCUT2D eigenvalue weighted by molar-refractivity contribution is 7.07. The van der Waals surface area contributed by atoms with E-state index in [0.717, 1.165) is 18.5 Å². The van der Waals surface area contributed by atoms with E-state index >= 15 is 0 Å². The molecule has 0 atom stereocenters. The molecule has 0 aliphatic carbocycles. The van der Waals surface area contributed by atoms with Crippen LogP contribution >= 0.6 is 11.3 Å². The van der Waals surface area contributed by atoms with E-state index in [2.05, 4.69) is 15.6 Å². The molecule has 3 N–H and O–H groups in total. The lowest BCUT2D eigenvalue weighted by molar-refractivity contribution is -0.137. The highest BCUT2D eigenvalue weighted by atomic mass is 32.1. The molecule has 0 saturated heterocycles. The van der Waals surface area contributed by atoms with Crippen molar-refractivity contribution in [3.63, 3.8) is 0 Å². The van der Waals surface area contributed by atoms with Crippen LogP contribution in [0.1, 0.15) is 38.8 Å². The molecule has 1 aromatic rings. The maximum Gasteiger partial charge on any atom is 0.314 e. The fourth-order valence-electron chi connectivity index (χ4n) is 1.81. The number of aliphatic carboxylic acids is 1. The quantitative estimate of drug-likeness (QED) is 0.652. The molecule has 0 unspecified atom stereocenters. The second-order valence-electron chi connectivity index (χ2n) is 5.72. The fraction of sp³-hybridized carbons (Fsp3) is 0.643. The van der Waals surface area contributed by atoms with Crippen molar-refractivity contribution in [3.8, 4) is 0 Å². The lowest BCUT2D eigenvalue weighted by Crippen LogP contribution is -2.38. The Kier molecular flexibility index (Phi) is 7.14. The largest absolute Gasteiger partial charge is 0.481 e. The summed E-state index contributed by atoms with van der Waals surface area (Å²) in [5, 5.41) is 16.2. The van der Waals surface area contributed by atoms with Crippen molar-refractivity contribution in [1.29, 1.82) is 0 Å². The summed E-state index contributed by atoms with van der Waals surface area (Å²) in [7, 11) is 0. The zero-order chi connectivity index (χ0) is 15.7. The third kappa shape index (κ3) is 8.29. The smallest absolute Gasteiger partial charge is 0.314 e. The van der Waals surface area contributed by atoms with E-state index in [4.69, 9.17) is 5.11 Å². The van der Waals surface area contributed by atoms with E-state index < -0.39 is 5.97 Å². The molecule has 118 valence electrons. The van der Waals surface area contributed by atoms with Crippen molar-refractivity contribution in [2.24, 2.45) is 5.41 Å². The van der Waals surface area contributed by atoms with Gasteiger partial charge in [0.05, 0.1) is 11.2 Å². The molecule has 1 heterocycles. The number of carbonyl (C=O) groups is 2. The van der Waals surface area contributed by atoms with E-state index in [1.807, 2.05) is 19.2 Å². The predicted molar refractivity (Wildman–Crippen MR) is 82.5 cm³/mol. The van der Waals surface area contributed by atoms with Crippen LogP contribution in [0.5, 0.6) is 0 Å². The Morgan fingerprint density at radius 2 is 2.00 bits per heavy atom. The summed E-state index contributed by atoms with van der Waals surface area (Å²) in [5.41, 5.74) is 2.66. The Labute approximate surface area is 129 Å². The van der Waals surface area contributed by atoms with Crippen LogP contribution in [0.15, 0.2) is 10.9 Å². The standard InChI is InChI=1S/C14H23N3O3S/c1-14(2,5-3-12(18)19)6-8-16-13(20)15-7-4-11-9-21-10-17-11/h9-10H,3-8H2,1-2H3,(H,18,19)(H2,15,16,20). The fourth-order valence-corrected chi connectivity index (χ4v) is 2.41. The van der Waals surface area contributed by atoms with Crippen molar-refractivity contribution in [2.45, 2.75) is 39.5 Å². The summed E-state index contributed by atoms with van der Waals surface area (Å²) < 4.78 is 0. The Morgan fingerprint density at radius 3 is 2.62 bits per heavy atom. The van der Waals surface area contributed by atoms with Gasteiger partial charge in [-0.15, -0.1) is 11.3 Å². The molecule has 1 aromatic heterocycles. The number of carbonyl (C=O) groups excluding carboxylic acids is 1. The van der Waals surface area contributed by atoms with Crippen molar-refractivity contribution in [2.75, 3.05) is 13.1 Å². The third-order valence-corrected chi connectivity index (χ3v) is 3.89. The molecule has 0 saturated carbocycles. The Morgan fingerprint density at radius 1 is 1.29 bits per heavy atom. The van der Waals surface area contributed by atoms with E-state index in [0.29, 0.717) is 19.5 Å². The van der Waals surface area contributed by atoms with Crippen LogP contribution < -0.4 is 10.6 Å². The third-order valence-electron chi connectivity index (χ3n) is 3.25. The average Bonchev–Trinajstić information content (AvgIpc) is 2.89. The van der Waals surface area contributed by atoms with Gasteiger partial charge in [-0.3, -0.25) is 4.79 Å². The molecule has 0 aliphatic heterocycles. The molecule has 7 heteroatoms. The first-order valence-electron chi connectivity index (χ1n) is 7.00. The van der Waals surface area contributed by atoms with Gasteiger partial charge in [0.1, 0.15) is 0 Å². The van der Waals surface area contributed by atoms with Gasteiger partial charge in [0, 0.05) is 31.3 Å². The Balaban J connectivity index is 2.10. The van der Waals surface area contributed by atoms with Crippen molar-refractivity contribution in [3.05, 3.63) is 16.6 Å². The lowest BCUT2D eigenvalue weighted by Gasteiger charge is -2.23. The monoisotopic (exact) mass is 313 g/mol. The molecule has 0 radical (unpaired) electrons. The van der Waals surface area contributed by atoms with Gasteiger partial charge < -0.3 is 15.7 Å². The molecule has 0 aromatic carbocycles. The number of thiazole rings is 1. The van der Waals surface area contributed by atoms with Gasteiger partial charge >= 0.3 is 12.0 Å². The van der Waals surface area contributed by atoms with Gasteiger partial charge in [0.2, 0.25) is 0 Å². The molecule has 2 amide bonds. The van der Waals surface area contributed by atoms with Crippen LogP contribution in [0.4, 0.5) is 4.79 Å². The SMILES string of the molecule is CC(C)(CCNC(=O)NCCc1cscn1)CCC(=O)O. The van der Waals surface area contributed by atoms with Gasteiger partial charge in [-0.05, 0) is 18.3 Å². The molecule has 0 spiro atoms. The minimum Gasteiger partial charge on any atom is -0.481 e. The normalized spacial score (nSPS) is 11.1. The number of nitrogens with zero attached hydrogens (tertiary/aromatic N) is 1. The summed E-state index contributed by atoms with van der Waals surface area (Å²) >= 11 is 1.54. The van der Waals surface area contributed by atoms with Crippen LogP contribution in [-0.2, 0) is 11.2 Å². The van der Waals surface area contributed by atoms with E-state index in [-0.39, 0.29) is 17.9 Å². The van der Waals surface area contributed by atoms with Crippen molar-refractivity contribution in [1.82, 2.24) is 15.6 Å². The average molecular weight is 313 g/mol. The minimum absolute atomic E-state index is 0.0910. The van der Waals surface area contributed by atoms with Crippen LogP contribution in [0.3, 0.4) is 0 Å². The van der Waals surface area contributed by atoms with Crippen LogP contribution in [0.2, 0.25) is 0 Å². The molecule has 6 nitrogen and oxygen atoms in total. The molecule has 0 aliphatic rings. The molecule has 0 fully saturated rings. The van der Waals surface area contributed by atoms with Crippen LogP contribution in [0.25, 0.3) is 0 Å². The second-order valence-corrected chi connectivity index (χ2v) is 6.44. The van der Waals surface area contributed by atoms with Gasteiger partial charge in [0.25, 0.3) is 0 Å². The summed E-state index contributed by atoms with van der Waals surface area (Å²) in [6, 6.07) is -0.195. The number of hydrogen-bond acceptors (Lipinski definition) is 4. The molecule has 0 bridgehead atoms. The van der Waals surface area contributed by atoms with E-state index in [1.165, 1.54) is 0 Å². The number of aromatic nitrogens is 1. The van der Waals surface area contributed by atoms with Crippen LogP contribution in [-0.4, -0.2) is 35.2 Å². The van der Waals surface area contributed by atoms with E-state index in [1.54, 1.807) is 16.8 Å². The summed E-state index contributed by atoms with van der Waals surface area (Å²) in [4.78, 5) is 26.3. The van der Waals surface area contributed by atoms with Crippen molar-refractivity contribution < 1.29 is 14.7 Å². The van der Waals surface area contributed by atoms with Gasteiger partial charge in [-0.2, -0.15) is 0 Å². The molecule has 1 rings (SSSR count). The maximum absolute atomic E-state index is 11.6. The molecular formula is C14H23N3O3S. The minimum atomic E-state index is -0.782. The first-order valence-corrected chi connectivity index (χ1v) is 7.94. The Bertz CT molecular complexity index is 446. The molecular weight excluding hydrogens is 290 g/mol. The summed E-state index contributed by atoms with van der Waals surface area (Å²) in [6.07, 6.45) is 2.24. The van der Waals surface area contributed by atoms with Gasteiger partial charge in [-0.25, -0.2) is 9.78 Å². The predicted octanol–water partition coefficient (Wildman–Crippen LogP) is 2.27. The van der Waals surface area contributed by atoms with Crippen molar-refractivity contribution >= 4 is 23.3 Å². The second kappa shape index (κ2) is 8.61. The zero-order valence-corrected chi connectivity index (χ0v) is 13.3. The first-order chi connectivity index (χ1) is 9.89. The number of urea groups is 1. The number of nitrogens with one attached hydrogen (secondary N) is 2. The highest BCUT2D eigenvalue weighted by Crippen LogP contribution is 2.25. The number of amides is 2. The van der Waals surface area contributed by atoms with Gasteiger partial charge in [0.15, 0.2) is 0 Å². The zero-order valence-electron chi connectivity index (χ0n) is 12.5. The Hall–Kier alpha value is -1.63. The number of carboxylic acids is 1. The summed E-state index contributed by atoms with van der Waals surface area (Å²) in [5.74, 6) is -0.782. The number of hydrogen-bond donors (Lipinski definition) is 3.